The van der Waals surface area contributed by atoms with Crippen LogP contribution in [0.4, 0.5) is 5.82 Å². The lowest BCUT2D eigenvalue weighted by Gasteiger charge is -2.13. The molecule has 0 amide bonds. The molecule has 2 rings (SSSR count). The van der Waals surface area contributed by atoms with E-state index in [2.05, 4.69) is 17.2 Å². The van der Waals surface area contributed by atoms with Crippen LogP contribution in [-0.4, -0.2) is 17.6 Å². The van der Waals surface area contributed by atoms with Crippen molar-refractivity contribution in [1.29, 1.82) is 0 Å². The number of hydrogen-bond acceptors (Lipinski definition) is 3. The lowest BCUT2D eigenvalue weighted by molar-refractivity contribution is 0.327. The average molecular weight is 220 g/mol. The van der Waals surface area contributed by atoms with Gasteiger partial charge < -0.3 is 10.1 Å². The lowest BCUT2D eigenvalue weighted by atomic mass is 10.1. The fraction of sp³-hybridized carbons (Fsp3) is 0.615. The Labute approximate surface area is 97.2 Å². The maximum Gasteiger partial charge on any atom is 0.215 e. The standard InChI is InChI=1S/C13H20N2O/c1-3-16-13-6-4-5-12(15-13)14-11-8-7-10(2)9-11/h4-6,10-11H,3,7-9H2,1-2H3,(H,14,15). The first kappa shape index (κ1) is 11.2. The lowest BCUT2D eigenvalue weighted by Crippen LogP contribution is -2.16. The summed E-state index contributed by atoms with van der Waals surface area (Å²) in [6.45, 7) is 4.95. The van der Waals surface area contributed by atoms with E-state index in [1.807, 2.05) is 25.1 Å². The van der Waals surface area contributed by atoms with Crippen molar-refractivity contribution in [1.82, 2.24) is 4.98 Å². The summed E-state index contributed by atoms with van der Waals surface area (Å²) in [6, 6.07) is 6.47. The van der Waals surface area contributed by atoms with Crippen LogP contribution in [0.5, 0.6) is 5.88 Å². The topological polar surface area (TPSA) is 34.1 Å². The van der Waals surface area contributed by atoms with E-state index in [-0.39, 0.29) is 0 Å². The normalized spacial score (nSPS) is 24.4. The minimum atomic E-state index is 0.583. The summed E-state index contributed by atoms with van der Waals surface area (Å²) in [5.41, 5.74) is 0. The number of ether oxygens (including phenoxy) is 1. The summed E-state index contributed by atoms with van der Waals surface area (Å²) < 4.78 is 5.38. The molecule has 0 aromatic carbocycles. The van der Waals surface area contributed by atoms with Crippen LogP contribution >= 0.6 is 0 Å². The predicted molar refractivity (Wildman–Crippen MR) is 65.8 cm³/mol. The third-order valence-electron chi connectivity index (χ3n) is 3.06. The molecule has 1 saturated carbocycles. The molecule has 16 heavy (non-hydrogen) atoms. The van der Waals surface area contributed by atoms with Gasteiger partial charge in [-0.25, -0.2) is 0 Å². The smallest absolute Gasteiger partial charge is 0.215 e. The molecule has 3 heteroatoms. The number of aromatic nitrogens is 1. The van der Waals surface area contributed by atoms with E-state index >= 15 is 0 Å². The van der Waals surface area contributed by atoms with Gasteiger partial charge in [-0.15, -0.1) is 0 Å². The van der Waals surface area contributed by atoms with Gasteiger partial charge in [0.2, 0.25) is 5.88 Å². The molecular weight excluding hydrogens is 200 g/mol. The fourth-order valence-electron chi connectivity index (χ4n) is 2.27. The fourth-order valence-corrected chi connectivity index (χ4v) is 2.27. The zero-order chi connectivity index (χ0) is 11.4. The molecule has 0 radical (unpaired) electrons. The predicted octanol–water partition coefficient (Wildman–Crippen LogP) is 3.08. The maximum absolute atomic E-state index is 5.38. The van der Waals surface area contributed by atoms with E-state index in [0.29, 0.717) is 18.5 Å². The molecule has 0 bridgehead atoms. The third kappa shape index (κ3) is 2.87. The molecule has 2 unspecified atom stereocenters. The first-order valence-corrected chi connectivity index (χ1v) is 6.14. The van der Waals surface area contributed by atoms with Crippen molar-refractivity contribution < 1.29 is 4.74 Å². The van der Waals surface area contributed by atoms with Gasteiger partial charge in [0, 0.05) is 12.1 Å². The monoisotopic (exact) mass is 220 g/mol. The van der Waals surface area contributed by atoms with Gasteiger partial charge >= 0.3 is 0 Å². The molecule has 0 spiro atoms. The molecule has 1 aromatic heterocycles. The highest BCUT2D eigenvalue weighted by Gasteiger charge is 2.21. The number of rotatable bonds is 4. The molecule has 1 heterocycles. The average Bonchev–Trinajstić information content (AvgIpc) is 2.65. The minimum absolute atomic E-state index is 0.583. The van der Waals surface area contributed by atoms with Crippen molar-refractivity contribution in [3.63, 3.8) is 0 Å². The van der Waals surface area contributed by atoms with Gasteiger partial charge in [-0.1, -0.05) is 13.0 Å². The van der Waals surface area contributed by atoms with E-state index in [9.17, 15) is 0 Å². The molecule has 1 aromatic rings. The van der Waals surface area contributed by atoms with Crippen LogP contribution in [0.15, 0.2) is 18.2 Å². The van der Waals surface area contributed by atoms with E-state index in [1.165, 1.54) is 19.3 Å². The zero-order valence-electron chi connectivity index (χ0n) is 10.1. The first-order chi connectivity index (χ1) is 7.78. The largest absolute Gasteiger partial charge is 0.478 e. The third-order valence-corrected chi connectivity index (χ3v) is 3.06. The van der Waals surface area contributed by atoms with Gasteiger partial charge in [-0.3, -0.25) is 0 Å². The Morgan fingerprint density at radius 2 is 2.31 bits per heavy atom. The number of nitrogens with one attached hydrogen (secondary N) is 1. The molecule has 1 aliphatic carbocycles. The molecule has 0 saturated heterocycles. The zero-order valence-corrected chi connectivity index (χ0v) is 10.1. The Bertz CT molecular complexity index is 340. The molecule has 2 atom stereocenters. The molecular formula is C13H20N2O. The quantitative estimate of drug-likeness (QED) is 0.846. The summed E-state index contributed by atoms with van der Waals surface area (Å²) in [6.07, 6.45) is 3.82. The van der Waals surface area contributed by atoms with E-state index in [1.54, 1.807) is 0 Å². The second-order valence-electron chi connectivity index (χ2n) is 4.55. The Kier molecular flexibility index (Phi) is 3.65. The van der Waals surface area contributed by atoms with Crippen LogP contribution in [0.2, 0.25) is 0 Å². The van der Waals surface area contributed by atoms with E-state index in [0.717, 1.165) is 11.7 Å². The molecule has 1 N–H and O–H groups in total. The first-order valence-electron chi connectivity index (χ1n) is 6.14. The van der Waals surface area contributed by atoms with Crippen molar-refractivity contribution in [3.8, 4) is 5.88 Å². The maximum atomic E-state index is 5.38. The van der Waals surface area contributed by atoms with Crippen LogP contribution in [0.3, 0.4) is 0 Å². The van der Waals surface area contributed by atoms with Crippen molar-refractivity contribution in [2.75, 3.05) is 11.9 Å². The van der Waals surface area contributed by atoms with E-state index < -0.39 is 0 Å². The highest BCUT2D eigenvalue weighted by atomic mass is 16.5. The molecule has 1 aliphatic rings. The van der Waals surface area contributed by atoms with Crippen LogP contribution in [-0.2, 0) is 0 Å². The second-order valence-corrected chi connectivity index (χ2v) is 4.55. The van der Waals surface area contributed by atoms with Gasteiger partial charge in [0.05, 0.1) is 6.61 Å². The van der Waals surface area contributed by atoms with Gasteiger partial charge in [0.25, 0.3) is 0 Å². The highest BCUT2D eigenvalue weighted by Crippen LogP contribution is 2.27. The van der Waals surface area contributed by atoms with Crippen LogP contribution in [0.25, 0.3) is 0 Å². The van der Waals surface area contributed by atoms with Crippen LogP contribution in [0.1, 0.15) is 33.1 Å². The van der Waals surface area contributed by atoms with Crippen molar-refractivity contribution in [2.45, 2.75) is 39.2 Å². The van der Waals surface area contributed by atoms with Crippen LogP contribution in [0, 0.1) is 5.92 Å². The number of hydrogen-bond donors (Lipinski definition) is 1. The van der Waals surface area contributed by atoms with Gasteiger partial charge in [0.15, 0.2) is 0 Å². The number of nitrogens with zero attached hydrogens (tertiary/aromatic N) is 1. The van der Waals surface area contributed by atoms with Crippen molar-refractivity contribution >= 4 is 5.82 Å². The Balaban J connectivity index is 1.95. The van der Waals surface area contributed by atoms with Crippen LogP contribution < -0.4 is 10.1 Å². The summed E-state index contributed by atoms with van der Waals surface area (Å²) in [5, 5.41) is 3.48. The molecule has 1 fully saturated rings. The van der Waals surface area contributed by atoms with Gasteiger partial charge in [-0.2, -0.15) is 4.98 Å². The Morgan fingerprint density at radius 3 is 3.00 bits per heavy atom. The summed E-state index contributed by atoms with van der Waals surface area (Å²) in [5.74, 6) is 2.48. The number of pyridine rings is 1. The SMILES string of the molecule is CCOc1cccc(NC2CCC(C)C2)n1. The van der Waals surface area contributed by atoms with E-state index in [4.69, 9.17) is 4.74 Å². The summed E-state index contributed by atoms with van der Waals surface area (Å²) >= 11 is 0. The van der Waals surface area contributed by atoms with Gasteiger partial charge in [0.1, 0.15) is 5.82 Å². The summed E-state index contributed by atoms with van der Waals surface area (Å²) in [4.78, 5) is 4.42. The highest BCUT2D eigenvalue weighted by molar-refractivity contribution is 5.38. The molecule has 88 valence electrons. The molecule has 3 nitrogen and oxygen atoms in total. The second kappa shape index (κ2) is 5.19. The minimum Gasteiger partial charge on any atom is -0.478 e. The van der Waals surface area contributed by atoms with Crippen molar-refractivity contribution in [2.24, 2.45) is 5.92 Å². The molecule has 0 aliphatic heterocycles. The Morgan fingerprint density at radius 1 is 1.44 bits per heavy atom. The Hall–Kier alpha value is -1.25. The van der Waals surface area contributed by atoms with Gasteiger partial charge in [-0.05, 0) is 38.2 Å². The number of anilines is 1. The summed E-state index contributed by atoms with van der Waals surface area (Å²) in [7, 11) is 0. The van der Waals surface area contributed by atoms with Crippen molar-refractivity contribution in [3.05, 3.63) is 18.2 Å².